The van der Waals surface area contributed by atoms with E-state index in [1.165, 1.54) is 24.5 Å². The van der Waals surface area contributed by atoms with E-state index in [0.29, 0.717) is 11.4 Å². The van der Waals surface area contributed by atoms with E-state index in [-0.39, 0.29) is 0 Å². The van der Waals surface area contributed by atoms with Gasteiger partial charge in [-0.05, 0) is 18.2 Å². The average molecular weight is 216 g/mol. The highest BCUT2D eigenvalue weighted by atomic mass is 16.5. The summed E-state index contributed by atoms with van der Waals surface area (Å²) < 4.78 is 9.67. The van der Waals surface area contributed by atoms with Gasteiger partial charge in [-0.15, -0.1) is 0 Å². The summed E-state index contributed by atoms with van der Waals surface area (Å²) in [5, 5.41) is 0. The smallest absolute Gasteiger partial charge is 0.418 e. The Morgan fingerprint density at radius 2 is 2.31 bits per heavy atom. The molecule has 0 aliphatic carbocycles. The van der Waals surface area contributed by atoms with E-state index in [0.717, 1.165) is 0 Å². The van der Waals surface area contributed by atoms with Gasteiger partial charge in [-0.3, -0.25) is 0 Å². The Morgan fingerprint density at radius 1 is 1.44 bits per heavy atom. The molecule has 0 aliphatic heterocycles. The summed E-state index contributed by atoms with van der Waals surface area (Å²) in [4.78, 5) is 13.1. The first kappa shape index (κ1) is 10.3. The Hall–Kier alpha value is -2.23. The number of rotatable bonds is 2. The minimum Gasteiger partial charge on any atom is -0.470 e. The third-order valence-electron chi connectivity index (χ3n) is 2.07. The predicted octanol–water partition coefficient (Wildman–Crippen LogP) is 2.98. The summed E-state index contributed by atoms with van der Waals surface area (Å²) in [6.45, 7) is 0. The van der Waals surface area contributed by atoms with Crippen LogP contribution < -0.4 is 4.90 Å². The Morgan fingerprint density at radius 3 is 2.88 bits per heavy atom. The van der Waals surface area contributed by atoms with Gasteiger partial charge in [-0.25, -0.2) is 9.69 Å². The number of anilines is 2. The third-order valence-corrected chi connectivity index (χ3v) is 2.07. The van der Waals surface area contributed by atoms with Crippen LogP contribution in [0, 0.1) is 6.07 Å². The fourth-order valence-electron chi connectivity index (χ4n) is 1.36. The van der Waals surface area contributed by atoms with E-state index in [1.54, 1.807) is 30.3 Å². The number of nitrogens with zero attached hydrogens (tertiary/aromatic N) is 1. The van der Waals surface area contributed by atoms with E-state index in [1.807, 2.05) is 0 Å². The largest absolute Gasteiger partial charge is 0.470 e. The third kappa shape index (κ3) is 1.91. The summed E-state index contributed by atoms with van der Waals surface area (Å²) >= 11 is 0. The molecule has 0 bridgehead atoms. The van der Waals surface area contributed by atoms with Crippen LogP contribution in [0.4, 0.5) is 16.2 Å². The summed E-state index contributed by atoms with van der Waals surface area (Å²) in [7, 11) is 1.34. The lowest BCUT2D eigenvalue weighted by molar-refractivity contribution is 0.181. The molecule has 2 rings (SSSR count). The van der Waals surface area contributed by atoms with Crippen molar-refractivity contribution >= 4 is 17.5 Å². The van der Waals surface area contributed by atoms with Crippen LogP contribution in [-0.2, 0) is 4.74 Å². The molecule has 4 heteroatoms. The molecule has 0 fully saturated rings. The first-order valence-electron chi connectivity index (χ1n) is 4.69. The molecule has 4 nitrogen and oxygen atoms in total. The molecule has 0 atom stereocenters. The summed E-state index contributed by atoms with van der Waals surface area (Å²) in [6.07, 6.45) is 2.50. The average Bonchev–Trinajstić information content (AvgIpc) is 2.84. The molecule has 16 heavy (non-hydrogen) atoms. The highest BCUT2D eigenvalue weighted by molar-refractivity contribution is 5.95. The van der Waals surface area contributed by atoms with Gasteiger partial charge < -0.3 is 9.15 Å². The molecule has 0 spiro atoms. The lowest BCUT2D eigenvalue weighted by Crippen LogP contribution is -2.25. The van der Waals surface area contributed by atoms with Gasteiger partial charge in [0.2, 0.25) is 0 Å². The van der Waals surface area contributed by atoms with Crippen molar-refractivity contribution in [2.75, 3.05) is 12.0 Å². The van der Waals surface area contributed by atoms with E-state index in [4.69, 9.17) is 9.15 Å². The predicted molar refractivity (Wildman–Crippen MR) is 58.5 cm³/mol. The molecule has 0 saturated heterocycles. The van der Waals surface area contributed by atoms with Crippen molar-refractivity contribution in [2.24, 2.45) is 0 Å². The highest BCUT2D eigenvalue weighted by Crippen LogP contribution is 2.25. The van der Waals surface area contributed by atoms with Crippen molar-refractivity contribution in [3.8, 4) is 0 Å². The number of hydrogen-bond acceptors (Lipinski definition) is 3. The van der Waals surface area contributed by atoms with Gasteiger partial charge in [0.15, 0.2) is 0 Å². The van der Waals surface area contributed by atoms with Crippen molar-refractivity contribution in [2.45, 2.75) is 0 Å². The molecule has 1 aromatic carbocycles. The van der Waals surface area contributed by atoms with Crippen LogP contribution in [0.25, 0.3) is 0 Å². The standard InChI is InChI=1S/C12H10NO3/c1-15-12(14)13(11-7-8-16-9-11)10-5-3-2-4-6-10/h2-3,5-9H,1H3. The van der Waals surface area contributed by atoms with E-state index >= 15 is 0 Å². The molecular formula is C12H10NO3. The molecule has 0 aliphatic rings. The molecule has 1 amide bonds. The quantitative estimate of drug-likeness (QED) is 0.775. The Kier molecular flexibility index (Phi) is 2.91. The summed E-state index contributed by atoms with van der Waals surface area (Å²) in [5.41, 5.74) is 1.29. The summed E-state index contributed by atoms with van der Waals surface area (Å²) in [5.74, 6) is 0. The van der Waals surface area contributed by atoms with Crippen LogP contribution >= 0.6 is 0 Å². The van der Waals surface area contributed by atoms with Crippen LogP contribution in [-0.4, -0.2) is 13.2 Å². The van der Waals surface area contributed by atoms with Gasteiger partial charge >= 0.3 is 6.09 Å². The van der Waals surface area contributed by atoms with Crippen LogP contribution in [0.2, 0.25) is 0 Å². The van der Waals surface area contributed by atoms with Crippen LogP contribution in [0.15, 0.2) is 47.3 Å². The first-order chi connectivity index (χ1) is 7.83. The zero-order valence-electron chi connectivity index (χ0n) is 8.71. The monoisotopic (exact) mass is 216 g/mol. The van der Waals surface area contributed by atoms with Crippen LogP contribution in [0.1, 0.15) is 0 Å². The van der Waals surface area contributed by atoms with Crippen molar-refractivity contribution < 1.29 is 13.9 Å². The molecule has 2 aromatic rings. The van der Waals surface area contributed by atoms with Gasteiger partial charge in [0.25, 0.3) is 0 Å². The Balaban J connectivity index is 2.40. The molecule has 1 heterocycles. The van der Waals surface area contributed by atoms with Crippen LogP contribution in [0.3, 0.4) is 0 Å². The molecule has 0 unspecified atom stereocenters. The van der Waals surface area contributed by atoms with Gasteiger partial charge in [0.05, 0.1) is 24.7 Å². The van der Waals surface area contributed by atoms with Crippen molar-refractivity contribution in [1.82, 2.24) is 0 Å². The Labute approximate surface area is 93.0 Å². The van der Waals surface area contributed by atoms with E-state index in [9.17, 15) is 4.79 Å². The number of carbonyl (C=O) groups is 1. The second-order valence-corrected chi connectivity index (χ2v) is 3.05. The highest BCUT2D eigenvalue weighted by Gasteiger charge is 2.18. The summed E-state index contributed by atoms with van der Waals surface area (Å²) in [6, 6.07) is 11.6. The normalized spacial score (nSPS) is 9.81. The van der Waals surface area contributed by atoms with Crippen LogP contribution in [0.5, 0.6) is 0 Å². The van der Waals surface area contributed by atoms with Gasteiger partial charge in [0.1, 0.15) is 6.26 Å². The minimum atomic E-state index is -0.471. The number of furan rings is 1. The molecule has 0 N–H and O–H groups in total. The minimum absolute atomic E-state index is 0.471. The zero-order valence-corrected chi connectivity index (χ0v) is 8.71. The molecule has 1 aromatic heterocycles. The van der Waals surface area contributed by atoms with Gasteiger partial charge in [-0.1, -0.05) is 12.1 Å². The maximum atomic E-state index is 11.7. The number of hydrogen-bond donors (Lipinski definition) is 0. The number of ether oxygens (including phenoxy) is 1. The van der Waals surface area contributed by atoms with Crippen molar-refractivity contribution in [3.63, 3.8) is 0 Å². The lowest BCUT2D eigenvalue weighted by Gasteiger charge is -2.18. The fraction of sp³-hybridized carbons (Fsp3) is 0.0833. The second-order valence-electron chi connectivity index (χ2n) is 3.05. The number of methoxy groups -OCH3 is 1. The number of benzene rings is 1. The van der Waals surface area contributed by atoms with E-state index < -0.39 is 6.09 Å². The van der Waals surface area contributed by atoms with E-state index in [2.05, 4.69) is 6.07 Å². The lowest BCUT2D eigenvalue weighted by atomic mass is 10.3. The van der Waals surface area contributed by atoms with Crippen molar-refractivity contribution in [3.05, 3.63) is 48.9 Å². The number of carbonyl (C=O) groups excluding carboxylic acids is 1. The van der Waals surface area contributed by atoms with Gasteiger partial charge in [0, 0.05) is 6.07 Å². The first-order valence-corrected chi connectivity index (χ1v) is 4.69. The number of amides is 1. The molecular weight excluding hydrogens is 206 g/mol. The molecule has 81 valence electrons. The molecule has 1 radical (unpaired) electrons. The van der Waals surface area contributed by atoms with Gasteiger partial charge in [-0.2, -0.15) is 0 Å². The van der Waals surface area contributed by atoms with Crippen molar-refractivity contribution in [1.29, 1.82) is 0 Å². The fourth-order valence-corrected chi connectivity index (χ4v) is 1.36. The topological polar surface area (TPSA) is 42.7 Å². The molecule has 0 saturated carbocycles. The maximum Gasteiger partial charge on any atom is 0.418 e. The zero-order chi connectivity index (χ0) is 11.4. The second kappa shape index (κ2) is 4.53. The SMILES string of the molecule is COC(=O)N(c1c[c]ccc1)c1ccoc1. The Bertz CT molecular complexity index is 450. The maximum absolute atomic E-state index is 11.7.